The lowest BCUT2D eigenvalue weighted by Crippen LogP contribution is -2.30. The smallest absolute Gasteiger partial charge is 0.211 e. The van der Waals surface area contributed by atoms with Crippen molar-refractivity contribution in [3.05, 3.63) is 35.4 Å². The lowest BCUT2D eigenvalue weighted by molar-refractivity contribution is 0.278. The van der Waals surface area contributed by atoms with Gasteiger partial charge in [-0.3, -0.25) is 4.57 Å². The second kappa shape index (κ2) is 3.72. The Morgan fingerprint density at radius 3 is 2.94 bits per heavy atom. The van der Waals surface area contributed by atoms with Crippen LogP contribution in [0.1, 0.15) is 43.3 Å². The molecule has 1 unspecified atom stereocenters. The number of hydrogen-bond acceptors (Lipinski definition) is 2. The van der Waals surface area contributed by atoms with Crippen LogP contribution in [0.5, 0.6) is 0 Å². The van der Waals surface area contributed by atoms with Crippen molar-refractivity contribution in [3.8, 4) is 5.95 Å². The molecule has 2 aromatic rings. The summed E-state index contributed by atoms with van der Waals surface area (Å²) in [4.78, 5) is 7.55. The molecule has 0 radical (unpaired) electrons. The van der Waals surface area contributed by atoms with Crippen LogP contribution in [-0.2, 0) is 6.42 Å². The maximum absolute atomic E-state index is 6.31. The number of aryl methyl sites for hydroxylation is 1. The first-order valence-corrected chi connectivity index (χ1v) is 6.44. The molecule has 4 heteroatoms. The molecule has 0 fully saturated rings. The zero-order valence-electron chi connectivity index (χ0n) is 11.2. The van der Waals surface area contributed by atoms with E-state index in [9.17, 15) is 0 Å². The predicted molar refractivity (Wildman–Crippen MR) is 71.7 cm³/mol. The summed E-state index contributed by atoms with van der Waals surface area (Å²) in [5, 5.41) is 0. The molecule has 0 saturated carbocycles. The largest absolute Gasteiger partial charge is 0.330 e. The summed E-state index contributed by atoms with van der Waals surface area (Å²) in [5.74, 6) is 0.888. The summed E-state index contributed by atoms with van der Waals surface area (Å²) in [5.41, 5.74) is 10.4. The van der Waals surface area contributed by atoms with Crippen molar-refractivity contribution in [1.29, 1.82) is 0 Å². The third kappa shape index (κ3) is 1.68. The summed E-state index contributed by atoms with van der Waals surface area (Å²) in [6.07, 6.45) is 5.73. The zero-order valence-corrected chi connectivity index (χ0v) is 11.2. The summed E-state index contributed by atoms with van der Waals surface area (Å²) < 4.78 is 2.20. The van der Waals surface area contributed by atoms with Gasteiger partial charge in [-0.05, 0) is 36.8 Å². The Balaban J connectivity index is 2.18. The Morgan fingerprint density at radius 2 is 2.28 bits per heavy atom. The highest BCUT2D eigenvalue weighted by molar-refractivity contribution is 5.38. The Kier molecular flexibility index (Phi) is 2.38. The number of aromatic nitrogens is 3. The third-order valence-corrected chi connectivity index (χ3v) is 3.83. The zero-order chi connectivity index (χ0) is 12.9. The van der Waals surface area contributed by atoms with Gasteiger partial charge in [0.2, 0.25) is 5.95 Å². The Hall–Kier alpha value is -1.55. The minimum absolute atomic E-state index is 0.138. The number of hydrogen-bond donors (Lipinski definition) is 2. The molecule has 0 saturated heterocycles. The fourth-order valence-corrected chi connectivity index (χ4v) is 3.12. The molecule has 18 heavy (non-hydrogen) atoms. The van der Waals surface area contributed by atoms with Gasteiger partial charge in [-0.25, -0.2) is 4.98 Å². The van der Waals surface area contributed by atoms with E-state index >= 15 is 0 Å². The predicted octanol–water partition coefficient (Wildman–Crippen LogP) is 2.48. The van der Waals surface area contributed by atoms with E-state index in [0.29, 0.717) is 0 Å². The average molecular weight is 244 g/mol. The third-order valence-electron chi connectivity index (χ3n) is 3.83. The van der Waals surface area contributed by atoms with Gasteiger partial charge in [0.1, 0.15) is 0 Å². The minimum atomic E-state index is 0.138. The molecule has 2 heterocycles. The van der Waals surface area contributed by atoms with Gasteiger partial charge < -0.3 is 10.7 Å². The van der Waals surface area contributed by atoms with Gasteiger partial charge in [0.15, 0.2) is 0 Å². The Morgan fingerprint density at radius 1 is 1.50 bits per heavy atom. The summed E-state index contributed by atoms with van der Waals surface area (Å²) in [7, 11) is 0. The van der Waals surface area contributed by atoms with Crippen LogP contribution in [0, 0.1) is 12.3 Å². The molecule has 0 bridgehead atoms. The molecule has 1 aliphatic rings. The molecule has 96 valence electrons. The van der Waals surface area contributed by atoms with E-state index in [2.05, 4.69) is 41.4 Å². The quantitative estimate of drug-likeness (QED) is 0.809. The van der Waals surface area contributed by atoms with Gasteiger partial charge in [-0.15, -0.1) is 0 Å². The first-order valence-electron chi connectivity index (χ1n) is 6.44. The maximum atomic E-state index is 6.31. The van der Waals surface area contributed by atoms with Crippen molar-refractivity contribution < 1.29 is 0 Å². The monoisotopic (exact) mass is 244 g/mol. The van der Waals surface area contributed by atoms with E-state index in [1.807, 2.05) is 6.20 Å². The van der Waals surface area contributed by atoms with Crippen LogP contribution in [0.3, 0.4) is 0 Å². The highest BCUT2D eigenvalue weighted by Crippen LogP contribution is 2.41. The normalized spacial score (nSPS) is 21.9. The summed E-state index contributed by atoms with van der Waals surface area (Å²) in [6, 6.07) is 2.34. The summed E-state index contributed by atoms with van der Waals surface area (Å²) >= 11 is 0. The number of H-pyrrole nitrogens is 1. The molecular weight excluding hydrogens is 224 g/mol. The number of nitrogens with two attached hydrogens (primary N) is 1. The minimum Gasteiger partial charge on any atom is -0.330 e. The fraction of sp³-hybridized carbons (Fsp3) is 0.500. The lowest BCUT2D eigenvalue weighted by Gasteiger charge is -2.34. The van der Waals surface area contributed by atoms with Crippen LogP contribution in [0.2, 0.25) is 0 Å². The van der Waals surface area contributed by atoms with E-state index in [1.165, 1.54) is 17.0 Å². The molecule has 0 aromatic carbocycles. The topological polar surface area (TPSA) is 59.6 Å². The van der Waals surface area contributed by atoms with Crippen molar-refractivity contribution >= 4 is 0 Å². The highest BCUT2D eigenvalue weighted by atomic mass is 15.2. The molecule has 0 aliphatic heterocycles. The van der Waals surface area contributed by atoms with Crippen molar-refractivity contribution in [1.82, 2.24) is 14.5 Å². The van der Waals surface area contributed by atoms with Crippen molar-refractivity contribution in [2.75, 3.05) is 0 Å². The van der Waals surface area contributed by atoms with Crippen LogP contribution >= 0.6 is 0 Å². The van der Waals surface area contributed by atoms with Gasteiger partial charge in [0.25, 0.3) is 0 Å². The van der Waals surface area contributed by atoms with Gasteiger partial charge in [-0.1, -0.05) is 13.8 Å². The number of imidazole rings is 1. The van der Waals surface area contributed by atoms with Crippen molar-refractivity contribution in [2.45, 2.75) is 39.7 Å². The number of rotatable bonds is 1. The van der Waals surface area contributed by atoms with E-state index in [1.54, 1.807) is 6.20 Å². The molecular formula is C14H20N4. The van der Waals surface area contributed by atoms with Gasteiger partial charge >= 0.3 is 0 Å². The van der Waals surface area contributed by atoms with Crippen molar-refractivity contribution in [2.24, 2.45) is 11.1 Å². The van der Waals surface area contributed by atoms with Gasteiger partial charge in [-0.2, -0.15) is 0 Å². The van der Waals surface area contributed by atoms with Gasteiger partial charge in [0, 0.05) is 29.8 Å². The maximum Gasteiger partial charge on any atom is 0.211 e. The molecule has 2 aromatic heterocycles. The second-order valence-electron chi connectivity index (χ2n) is 6.09. The van der Waals surface area contributed by atoms with Crippen molar-refractivity contribution in [3.63, 3.8) is 0 Å². The average Bonchev–Trinajstić information content (AvgIpc) is 2.83. The van der Waals surface area contributed by atoms with Crippen LogP contribution < -0.4 is 5.73 Å². The van der Waals surface area contributed by atoms with E-state index < -0.39 is 0 Å². The lowest BCUT2D eigenvalue weighted by atomic mass is 9.74. The SMILES string of the molecule is Cc1cc2c(n1-c1ncc[nH]1)CC(C)(C)CC2N. The first-order chi connectivity index (χ1) is 8.48. The first kappa shape index (κ1) is 11.5. The Labute approximate surface area is 107 Å². The molecule has 0 spiro atoms. The van der Waals surface area contributed by atoms with Crippen LogP contribution in [0.4, 0.5) is 0 Å². The van der Waals surface area contributed by atoms with Crippen LogP contribution in [-0.4, -0.2) is 14.5 Å². The number of fused-ring (bicyclic) bond motifs is 1. The Bertz CT molecular complexity index is 563. The highest BCUT2D eigenvalue weighted by Gasteiger charge is 2.33. The molecule has 0 amide bonds. The molecule has 4 nitrogen and oxygen atoms in total. The fourth-order valence-electron chi connectivity index (χ4n) is 3.12. The van der Waals surface area contributed by atoms with Gasteiger partial charge in [0.05, 0.1) is 0 Å². The van der Waals surface area contributed by atoms with E-state index in [-0.39, 0.29) is 11.5 Å². The number of nitrogens with zero attached hydrogens (tertiary/aromatic N) is 2. The molecule has 1 atom stereocenters. The molecule has 1 aliphatic carbocycles. The summed E-state index contributed by atoms with van der Waals surface area (Å²) in [6.45, 7) is 6.68. The molecule has 3 rings (SSSR count). The van der Waals surface area contributed by atoms with E-state index in [0.717, 1.165) is 18.8 Å². The second-order valence-corrected chi connectivity index (χ2v) is 6.09. The van der Waals surface area contributed by atoms with Crippen LogP contribution in [0.25, 0.3) is 5.95 Å². The number of aromatic amines is 1. The molecule has 3 N–H and O–H groups in total. The van der Waals surface area contributed by atoms with Crippen LogP contribution in [0.15, 0.2) is 18.5 Å². The van der Waals surface area contributed by atoms with E-state index in [4.69, 9.17) is 5.73 Å². The standard InChI is InChI=1S/C14H20N4/c1-9-6-10-11(15)7-14(2,3)8-12(10)18(9)13-16-4-5-17-13/h4-6,11H,7-8,15H2,1-3H3,(H,16,17). The number of nitrogens with one attached hydrogen (secondary N) is 1.